The van der Waals surface area contributed by atoms with Gasteiger partial charge in [0, 0.05) is 18.4 Å². The van der Waals surface area contributed by atoms with Crippen molar-refractivity contribution in [2.24, 2.45) is 7.05 Å². The Bertz CT molecular complexity index is 666. The van der Waals surface area contributed by atoms with Crippen molar-refractivity contribution in [3.8, 4) is 0 Å². The number of nitrogen functional groups attached to an aromatic ring is 1. The summed E-state index contributed by atoms with van der Waals surface area (Å²) in [5.41, 5.74) is 9.10. The molecule has 1 aromatic heterocycles. The van der Waals surface area contributed by atoms with E-state index in [9.17, 15) is 4.79 Å². The molecule has 112 valence electrons. The van der Waals surface area contributed by atoms with Gasteiger partial charge in [0.1, 0.15) is 0 Å². The van der Waals surface area contributed by atoms with Gasteiger partial charge in [0.05, 0.1) is 16.0 Å². The second-order valence-corrected chi connectivity index (χ2v) is 6.43. The van der Waals surface area contributed by atoms with Crippen LogP contribution in [0.4, 0.5) is 11.4 Å². The lowest BCUT2D eigenvalue weighted by Crippen LogP contribution is -2.23. The van der Waals surface area contributed by atoms with Crippen LogP contribution in [0.5, 0.6) is 0 Å². The minimum Gasteiger partial charge on any atom is -0.399 e. The molecule has 0 aliphatic carbocycles. The van der Waals surface area contributed by atoms with Gasteiger partial charge in [-0.2, -0.15) is 5.10 Å². The Kier molecular flexibility index (Phi) is 4.57. The Hall–Kier alpha value is -1.95. The number of rotatable bonds is 4. The SMILES string of the molecule is Cc1cc(SC(C)C(=O)Nc2ccc(N)cc2C)n(C)n1. The van der Waals surface area contributed by atoms with E-state index in [0.29, 0.717) is 5.69 Å². The first kappa shape index (κ1) is 15.4. The highest BCUT2D eigenvalue weighted by Gasteiger charge is 2.17. The Morgan fingerprint density at radius 1 is 1.38 bits per heavy atom. The molecule has 1 unspecified atom stereocenters. The summed E-state index contributed by atoms with van der Waals surface area (Å²) in [4.78, 5) is 12.3. The number of aromatic nitrogens is 2. The fourth-order valence-corrected chi connectivity index (χ4v) is 2.95. The van der Waals surface area contributed by atoms with Crippen LogP contribution in [0.2, 0.25) is 0 Å². The molecule has 0 bridgehead atoms. The van der Waals surface area contributed by atoms with Crippen molar-refractivity contribution in [2.75, 3.05) is 11.1 Å². The van der Waals surface area contributed by atoms with Gasteiger partial charge in [-0.3, -0.25) is 9.48 Å². The minimum atomic E-state index is -0.211. The summed E-state index contributed by atoms with van der Waals surface area (Å²) >= 11 is 1.49. The van der Waals surface area contributed by atoms with Crippen LogP contribution in [0.15, 0.2) is 29.3 Å². The van der Waals surface area contributed by atoms with E-state index >= 15 is 0 Å². The lowest BCUT2D eigenvalue weighted by atomic mass is 10.2. The van der Waals surface area contributed by atoms with Crippen LogP contribution in [-0.2, 0) is 11.8 Å². The molecule has 0 aliphatic heterocycles. The summed E-state index contributed by atoms with van der Waals surface area (Å²) in [6.45, 7) is 5.75. The van der Waals surface area contributed by atoms with Crippen molar-refractivity contribution in [1.29, 1.82) is 0 Å². The molecule has 1 atom stereocenters. The van der Waals surface area contributed by atoms with Gasteiger partial charge >= 0.3 is 0 Å². The summed E-state index contributed by atoms with van der Waals surface area (Å²) in [5, 5.41) is 7.98. The predicted octanol–water partition coefficient (Wildman–Crippen LogP) is 2.74. The number of anilines is 2. The first-order chi connectivity index (χ1) is 9.86. The highest BCUT2D eigenvalue weighted by Crippen LogP contribution is 2.25. The normalized spacial score (nSPS) is 12.2. The maximum absolute atomic E-state index is 12.3. The molecule has 6 heteroatoms. The molecule has 0 fully saturated rings. The van der Waals surface area contributed by atoms with E-state index in [1.54, 1.807) is 10.7 Å². The average Bonchev–Trinajstić information content (AvgIpc) is 2.71. The average molecular weight is 304 g/mol. The molecule has 2 rings (SSSR count). The first-order valence-electron chi connectivity index (χ1n) is 6.71. The third kappa shape index (κ3) is 3.78. The maximum Gasteiger partial charge on any atom is 0.237 e. The molecule has 21 heavy (non-hydrogen) atoms. The third-order valence-corrected chi connectivity index (χ3v) is 4.33. The molecule has 0 radical (unpaired) electrons. The van der Waals surface area contributed by atoms with Crippen LogP contribution >= 0.6 is 11.8 Å². The van der Waals surface area contributed by atoms with Crippen LogP contribution < -0.4 is 11.1 Å². The van der Waals surface area contributed by atoms with E-state index in [1.807, 2.05) is 46.0 Å². The topological polar surface area (TPSA) is 72.9 Å². The zero-order chi connectivity index (χ0) is 15.6. The Labute approximate surface area is 128 Å². The number of benzene rings is 1. The molecule has 2 aromatic rings. The van der Waals surface area contributed by atoms with E-state index in [4.69, 9.17) is 5.73 Å². The van der Waals surface area contributed by atoms with Crippen LogP contribution in [-0.4, -0.2) is 20.9 Å². The number of aryl methyl sites for hydroxylation is 3. The van der Waals surface area contributed by atoms with Gasteiger partial charge in [0.25, 0.3) is 0 Å². The standard InChI is InChI=1S/C15H20N4OS/c1-9-7-12(16)5-6-13(9)17-15(20)11(3)21-14-8-10(2)18-19(14)4/h5-8,11H,16H2,1-4H3,(H,17,20). The number of hydrogen-bond acceptors (Lipinski definition) is 4. The largest absolute Gasteiger partial charge is 0.399 e. The molecular weight excluding hydrogens is 284 g/mol. The molecule has 0 aliphatic rings. The van der Waals surface area contributed by atoms with E-state index < -0.39 is 0 Å². The van der Waals surface area contributed by atoms with Crippen LogP contribution in [0.3, 0.4) is 0 Å². The molecule has 1 amide bonds. The fourth-order valence-electron chi connectivity index (χ4n) is 1.99. The van der Waals surface area contributed by atoms with Crippen molar-refractivity contribution in [3.63, 3.8) is 0 Å². The van der Waals surface area contributed by atoms with Crippen molar-refractivity contribution in [1.82, 2.24) is 9.78 Å². The van der Waals surface area contributed by atoms with Gasteiger partial charge in [-0.1, -0.05) is 11.8 Å². The Balaban J connectivity index is 2.04. The van der Waals surface area contributed by atoms with E-state index in [-0.39, 0.29) is 11.2 Å². The van der Waals surface area contributed by atoms with Crippen LogP contribution in [0.1, 0.15) is 18.2 Å². The number of thioether (sulfide) groups is 1. The van der Waals surface area contributed by atoms with Crippen molar-refractivity contribution in [3.05, 3.63) is 35.5 Å². The smallest absolute Gasteiger partial charge is 0.237 e. The predicted molar refractivity (Wildman–Crippen MR) is 87.5 cm³/mol. The van der Waals surface area contributed by atoms with Crippen LogP contribution in [0, 0.1) is 13.8 Å². The summed E-state index contributed by atoms with van der Waals surface area (Å²) in [6, 6.07) is 7.43. The highest BCUT2D eigenvalue weighted by molar-refractivity contribution is 8.00. The summed E-state index contributed by atoms with van der Waals surface area (Å²) in [5.74, 6) is -0.0354. The van der Waals surface area contributed by atoms with Crippen molar-refractivity contribution in [2.45, 2.75) is 31.0 Å². The second-order valence-electron chi connectivity index (χ2n) is 5.07. The van der Waals surface area contributed by atoms with Gasteiger partial charge in [0.2, 0.25) is 5.91 Å². The van der Waals surface area contributed by atoms with E-state index in [1.165, 1.54) is 11.8 Å². The maximum atomic E-state index is 12.3. The Morgan fingerprint density at radius 2 is 2.10 bits per heavy atom. The van der Waals surface area contributed by atoms with E-state index in [0.717, 1.165) is 22.0 Å². The lowest BCUT2D eigenvalue weighted by Gasteiger charge is -2.13. The number of nitrogens with zero attached hydrogens (tertiary/aromatic N) is 2. The van der Waals surface area contributed by atoms with Gasteiger partial charge in [-0.05, 0) is 50.6 Å². The van der Waals surface area contributed by atoms with Crippen molar-refractivity contribution < 1.29 is 4.79 Å². The second kappa shape index (κ2) is 6.22. The van der Waals surface area contributed by atoms with Gasteiger partial charge in [-0.25, -0.2) is 0 Å². The fraction of sp³-hybridized carbons (Fsp3) is 0.333. The lowest BCUT2D eigenvalue weighted by molar-refractivity contribution is -0.115. The highest BCUT2D eigenvalue weighted by atomic mass is 32.2. The summed E-state index contributed by atoms with van der Waals surface area (Å²) in [6.07, 6.45) is 0. The molecule has 0 saturated carbocycles. The molecule has 3 N–H and O–H groups in total. The van der Waals surface area contributed by atoms with Crippen LogP contribution in [0.25, 0.3) is 0 Å². The summed E-state index contributed by atoms with van der Waals surface area (Å²) < 4.78 is 1.79. The molecule has 5 nitrogen and oxygen atoms in total. The number of nitrogens with two attached hydrogens (primary N) is 1. The zero-order valence-electron chi connectivity index (χ0n) is 12.7. The molecule has 1 aromatic carbocycles. The number of carbonyl (C=O) groups is 1. The number of hydrogen-bond donors (Lipinski definition) is 2. The van der Waals surface area contributed by atoms with Crippen molar-refractivity contribution >= 4 is 29.0 Å². The zero-order valence-corrected chi connectivity index (χ0v) is 13.5. The molecule has 0 saturated heterocycles. The molecule has 1 heterocycles. The number of nitrogens with one attached hydrogen (secondary N) is 1. The third-order valence-electron chi connectivity index (χ3n) is 3.13. The monoisotopic (exact) mass is 304 g/mol. The number of carbonyl (C=O) groups excluding carboxylic acids is 1. The summed E-state index contributed by atoms with van der Waals surface area (Å²) in [7, 11) is 1.88. The quantitative estimate of drug-likeness (QED) is 0.673. The molecular formula is C15H20N4OS. The number of amides is 1. The van der Waals surface area contributed by atoms with Gasteiger partial charge < -0.3 is 11.1 Å². The van der Waals surface area contributed by atoms with Gasteiger partial charge in [-0.15, -0.1) is 0 Å². The minimum absolute atomic E-state index is 0.0354. The van der Waals surface area contributed by atoms with Gasteiger partial charge in [0.15, 0.2) is 0 Å². The first-order valence-corrected chi connectivity index (χ1v) is 7.59. The Morgan fingerprint density at radius 3 is 2.67 bits per heavy atom. The molecule has 0 spiro atoms. The van der Waals surface area contributed by atoms with E-state index in [2.05, 4.69) is 10.4 Å².